The highest BCUT2D eigenvalue weighted by Gasteiger charge is 2.29. The van der Waals surface area contributed by atoms with Crippen molar-refractivity contribution >= 4 is 5.91 Å². The van der Waals surface area contributed by atoms with Crippen LogP contribution in [0.3, 0.4) is 0 Å². The van der Waals surface area contributed by atoms with Gasteiger partial charge in [0.1, 0.15) is 6.61 Å². The summed E-state index contributed by atoms with van der Waals surface area (Å²) in [5.41, 5.74) is 0. The highest BCUT2D eigenvalue weighted by atomic mass is 16.5. The lowest BCUT2D eigenvalue weighted by molar-refractivity contribution is -0.150. The lowest BCUT2D eigenvalue weighted by atomic mass is 10.1. The number of morpholine rings is 1. The van der Waals surface area contributed by atoms with Crippen molar-refractivity contribution in [1.29, 1.82) is 0 Å². The van der Waals surface area contributed by atoms with Crippen molar-refractivity contribution in [3.8, 4) is 0 Å². The van der Waals surface area contributed by atoms with Crippen molar-refractivity contribution in [3.05, 3.63) is 0 Å². The van der Waals surface area contributed by atoms with E-state index in [1.165, 1.54) is 0 Å². The number of nitrogens with zero attached hydrogens (tertiary/aromatic N) is 1. The molecule has 0 aromatic heterocycles. The maximum absolute atomic E-state index is 12.0. The van der Waals surface area contributed by atoms with E-state index in [0.29, 0.717) is 13.2 Å². The first-order valence-corrected chi connectivity index (χ1v) is 6.07. The van der Waals surface area contributed by atoms with Gasteiger partial charge in [-0.3, -0.25) is 4.79 Å². The van der Waals surface area contributed by atoms with Crippen LogP contribution in [0.1, 0.15) is 34.1 Å². The van der Waals surface area contributed by atoms with Crippen LogP contribution in [0.15, 0.2) is 0 Å². The van der Waals surface area contributed by atoms with Gasteiger partial charge in [0.25, 0.3) is 0 Å². The molecule has 1 heterocycles. The summed E-state index contributed by atoms with van der Waals surface area (Å²) in [6.07, 6.45) is 1.16. The Morgan fingerprint density at radius 1 is 1.56 bits per heavy atom. The maximum atomic E-state index is 12.0. The Labute approximate surface area is 97.9 Å². The lowest BCUT2D eigenvalue weighted by Crippen LogP contribution is -2.52. The van der Waals surface area contributed by atoms with Crippen molar-refractivity contribution in [2.24, 2.45) is 0 Å². The van der Waals surface area contributed by atoms with Gasteiger partial charge in [-0.05, 0) is 27.2 Å². The van der Waals surface area contributed by atoms with Crippen molar-refractivity contribution in [1.82, 2.24) is 4.90 Å². The normalized spacial score (nSPS) is 26.2. The molecule has 1 fully saturated rings. The number of hydrogen-bond acceptors (Lipinski definition) is 3. The minimum atomic E-state index is 0.0794. The number of ether oxygens (including phenoxy) is 2. The van der Waals surface area contributed by atoms with Crippen LogP contribution in [0.2, 0.25) is 0 Å². The van der Waals surface area contributed by atoms with Crippen molar-refractivity contribution in [3.63, 3.8) is 0 Å². The molecule has 0 aliphatic carbocycles. The van der Waals surface area contributed by atoms with Gasteiger partial charge in [0.2, 0.25) is 5.91 Å². The van der Waals surface area contributed by atoms with Gasteiger partial charge in [-0.1, -0.05) is 6.92 Å². The van der Waals surface area contributed by atoms with Gasteiger partial charge in [0, 0.05) is 6.54 Å². The third kappa shape index (κ3) is 3.76. The molecular formula is C12H23NO3. The molecule has 1 saturated heterocycles. The molecule has 1 aliphatic heterocycles. The minimum Gasteiger partial charge on any atom is -0.375 e. The monoisotopic (exact) mass is 229 g/mol. The van der Waals surface area contributed by atoms with E-state index in [4.69, 9.17) is 9.47 Å². The largest absolute Gasteiger partial charge is 0.375 e. The molecule has 16 heavy (non-hydrogen) atoms. The lowest BCUT2D eigenvalue weighted by Gasteiger charge is -2.38. The fourth-order valence-corrected chi connectivity index (χ4v) is 1.81. The highest BCUT2D eigenvalue weighted by Crippen LogP contribution is 2.14. The number of amides is 1. The van der Waals surface area contributed by atoms with E-state index in [-0.39, 0.29) is 30.8 Å². The smallest absolute Gasteiger partial charge is 0.248 e. The van der Waals surface area contributed by atoms with E-state index in [0.717, 1.165) is 6.42 Å². The topological polar surface area (TPSA) is 38.8 Å². The number of hydrogen-bond donors (Lipinski definition) is 0. The standard InChI is InChI=1S/C12H23NO3/c1-5-11-7-16-10(4)6-13(11)12(14)8-15-9(2)3/h9-11H,5-8H2,1-4H3. The van der Waals surface area contributed by atoms with Gasteiger partial charge in [-0.2, -0.15) is 0 Å². The average molecular weight is 229 g/mol. The van der Waals surface area contributed by atoms with Crippen LogP contribution in [0.4, 0.5) is 0 Å². The molecule has 0 N–H and O–H groups in total. The first kappa shape index (κ1) is 13.5. The Morgan fingerprint density at radius 2 is 2.25 bits per heavy atom. The van der Waals surface area contributed by atoms with Gasteiger partial charge in [-0.15, -0.1) is 0 Å². The molecule has 4 heteroatoms. The van der Waals surface area contributed by atoms with Crippen LogP contribution >= 0.6 is 0 Å². The van der Waals surface area contributed by atoms with Crippen LogP contribution in [-0.4, -0.2) is 48.8 Å². The molecule has 2 unspecified atom stereocenters. The Balaban J connectivity index is 2.49. The summed E-state index contributed by atoms with van der Waals surface area (Å²) in [7, 11) is 0. The van der Waals surface area contributed by atoms with Crippen molar-refractivity contribution in [2.75, 3.05) is 19.8 Å². The van der Waals surface area contributed by atoms with Crippen LogP contribution in [0, 0.1) is 0 Å². The molecule has 94 valence electrons. The molecule has 0 bridgehead atoms. The summed E-state index contributed by atoms with van der Waals surface area (Å²) < 4.78 is 10.9. The zero-order valence-corrected chi connectivity index (χ0v) is 10.7. The fraction of sp³-hybridized carbons (Fsp3) is 0.917. The van der Waals surface area contributed by atoms with E-state index < -0.39 is 0 Å². The first-order chi connectivity index (χ1) is 7.54. The molecule has 0 aromatic carbocycles. The van der Waals surface area contributed by atoms with E-state index >= 15 is 0 Å². The second-order valence-corrected chi connectivity index (χ2v) is 4.61. The summed E-state index contributed by atoms with van der Waals surface area (Å²) in [5.74, 6) is 0.0794. The quantitative estimate of drug-likeness (QED) is 0.732. The summed E-state index contributed by atoms with van der Waals surface area (Å²) >= 11 is 0. The van der Waals surface area contributed by atoms with Gasteiger partial charge in [-0.25, -0.2) is 0 Å². The highest BCUT2D eigenvalue weighted by molar-refractivity contribution is 5.78. The number of carbonyl (C=O) groups is 1. The molecule has 2 atom stereocenters. The van der Waals surface area contributed by atoms with Crippen LogP contribution in [0.25, 0.3) is 0 Å². The summed E-state index contributed by atoms with van der Waals surface area (Å²) in [6, 6.07) is 0.208. The van der Waals surface area contributed by atoms with Crippen LogP contribution in [-0.2, 0) is 14.3 Å². The Hall–Kier alpha value is -0.610. The molecule has 0 aromatic rings. The van der Waals surface area contributed by atoms with E-state index in [1.807, 2.05) is 25.7 Å². The molecule has 0 saturated carbocycles. The van der Waals surface area contributed by atoms with Gasteiger partial charge in [0.15, 0.2) is 0 Å². The zero-order chi connectivity index (χ0) is 12.1. The molecular weight excluding hydrogens is 206 g/mol. The third-order valence-electron chi connectivity index (χ3n) is 2.80. The zero-order valence-electron chi connectivity index (χ0n) is 10.7. The van der Waals surface area contributed by atoms with Gasteiger partial charge < -0.3 is 14.4 Å². The minimum absolute atomic E-state index is 0.0794. The molecule has 1 rings (SSSR count). The summed E-state index contributed by atoms with van der Waals surface area (Å²) in [5, 5.41) is 0. The van der Waals surface area contributed by atoms with E-state index in [1.54, 1.807) is 0 Å². The second-order valence-electron chi connectivity index (χ2n) is 4.61. The van der Waals surface area contributed by atoms with E-state index in [2.05, 4.69) is 6.92 Å². The predicted molar refractivity (Wildman–Crippen MR) is 62.3 cm³/mol. The van der Waals surface area contributed by atoms with Gasteiger partial charge >= 0.3 is 0 Å². The maximum Gasteiger partial charge on any atom is 0.248 e. The number of carbonyl (C=O) groups excluding carboxylic acids is 1. The third-order valence-corrected chi connectivity index (χ3v) is 2.80. The number of rotatable bonds is 4. The second kappa shape index (κ2) is 6.21. The summed E-state index contributed by atoms with van der Waals surface area (Å²) in [6.45, 7) is 9.45. The van der Waals surface area contributed by atoms with Crippen LogP contribution < -0.4 is 0 Å². The SMILES string of the molecule is CCC1COC(C)CN1C(=O)COC(C)C. The molecule has 0 spiro atoms. The van der Waals surface area contributed by atoms with Crippen molar-refractivity contribution < 1.29 is 14.3 Å². The Kier molecular flexibility index (Phi) is 5.22. The average Bonchev–Trinajstić information content (AvgIpc) is 2.25. The van der Waals surface area contributed by atoms with Gasteiger partial charge in [0.05, 0.1) is 24.9 Å². The van der Waals surface area contributed by atoms with E-state index in [9.17, 15) is 4.79 Å². The fourth-order valence-electron chi connectivity index (χ4n) is 1.81. The Bertz CT molecular complexity index is 230. The summed E-state index contributed by atoms with van der Waals surface area (Å²) in [4.78, 5) is 13.9. The molecule has 0 radical (unpaired) electrons. The Morgan fingerprint density at radius 3 is 2.81 bits per heavy atom. The molecule has 4 nitrogen and oxygen atoms in total. The van der Waals surface area contributed by atoms with Crippen LogP contribution in [0.5, 0.6) is 0 Å². The molecule has 1 amide bonds. The van der Waals surface area contributed by atoms with Crippen molar-refractivity contribution in [2.45, 2.75) is 52.4 Å². The molecule has 1 aliphatic rings. The first-order valence-electron chi connectivity index (χ1n) is 6.07. The predicted octanol–water partition coefficient (Wildman–Crippen LogP) is 1.44.